The molecule has 0 spiro atoms. The number of halogens is 1. The molecule has 4 rings (SSSR count). The van der Waals surface area contributed by atoms with Crippen LogP contribution in [-0.2, 0) is 12.0 Å². The molecule has 4 N–H and O–H groups in total. The molecule has 0 aliphatic carbocycles. The number of hydrogen-bond acceptors (Lipinski definition) is 7. The third-order valence-corrected chi connectivity index (χ3v) is 4.58. The van der Waals surface area contributed by atoms with Gasteiger partial charge in [0, 0.05) is 23.7 Å². The second-order valence-corrected chi connectivity index (χ2v) is 7.86. The molecule has 154 valence electrons. The summed E-state index contributed by atoms with van der Waals surface area (Å²) in [6.45, 7) is 5.69. The van der Waals surface area contributed by atoms with Gasteiger partial charge in [0.2, 0.25) is 0 Å². The van der Waals surface area contributed by atoms with Crippen molar-refractivity contribution in [3.8, 4) is 11.1 Å². The lowest BCUT2D eigenvalue weighted by Gasteiger charge is -2.10. The molecule has 9 nitrogen and oxygen atoms in total. The predicted molar refractivity (Wildman–Crippen MR) is 108 cm³/mol. The number of aromatic amines is 1. The van der Waals surface area contributed by atoms with Gasteiger partial charge in [-0.15, -0.1) is 0 Å². The molecule has 0 aliphatic heterocycles. The summed E-state index contributed by atoms with van der Waals surface area (Å²) in [4.78, 5) is 20.5. The number of H-pyrrole nitrogens is 1. The Balaban J connectivity index is 1.52. The number of carbonyl (C=O) groups is 1. The first kappa shape index (κ1) is 19.5. The zero-order chi connectivity index (χ0) is 21.5. The van der Waals surface area contributed by atoms with E-state index < -0.39 is 11.7 Å². The molecule has 4 aromatic rings. The lowest BCUT2D eigenvalue weighted by molar-refractivity contribution is 0.0906. The van der Waals surface area contributed by atoms with Crippen molar-refractivity contribution in [1.82, 2.24) is 30.6 Å². The van der Waals surface area contributed by atoms with Crippen molar-refractivity contribution in [1.29, 1.82) is 0 Å². The molecule has 3 aromatic heterocycles. The number of nitrogens with two attached hydrogens (primary N) is 1. The topological polar surface area (TPSA) is 136 Å². The van der Waals surface area contributed by atoms with Crippen LogP contribution in [0.3, 0.4) is 0 Å². The first-order chi connectivity index (χ1) is 14.2. The van der Waals surface area contributed by atoms with E-state index in [-0.39, 0.29) is 17.9 Å². The van der Waals surface area contributed by atoms with Gasteiger partial charge in [-0.2, -0.15) is 10.1 Å². The fourth-order valence-corrected chi connectivity index (χ4v) is 2.94. The Hall–Kier alpha value is -3.82. The van der Waals surface area contributed by atoms with Gasteiger partial charge >= 0.3 is 11.8 Å². The van der Waals surface area contributed by atoms with Gasteiger partial charge in [0.1, 0.15) is 11.6 Å². The quantitative estimate of drug-likeness (QED) is 0.471. The first-order valence-corrected chi connectivity index (χ1v) is 9.24. The van der Waals surface area contributed by atoms with Crippen molar-refractivity contribution in [3.05, 3.63) is 53.6 Å². The molecule has 0 unspecified atom stereocenters. The van der Waals surface area contributed by atoms with Crippen LogP contribution in [0.2, 0.25) is 0 Å². The van der Waals surface area contributed by atoms with Gasteiger partial charge in [0.05, 0.1) is 5.39 Å². The predicted octanol–water partition coefficient (Wildman–Crippen LogP) is 2.96. The number of fused-ring (bicyclic) bond motifs is 1. The highest BCUT2D eigenvalue weighted by Crippen LogP contribution is 2.31. The summed E-state index contributed by atoms with van der Waals surface area (Å²) < 4.78 is 19.7. The molecular weight excluding hydrogens is 389 g/mol. The number of hydrogen-bond donors (Lipinski definition) is 3. The first-order valence-electron chi connectivity index (χ1n) is 9.24. The Labute approximate surface area is 170 Å². The van der Waals surface area contributed by atoms with Gasteiger partial charge in [0.15, 0.2) is 11.5 Å². The molecule has 0 saturated carbocycles. The Morgan fingerprint density at radius 2 is 2.10 bits per heavy atom. The molecule has 30 heavy (non-hydrogen) atoms. The second-order valence-electron chi connectivity index (χ2n) is 7.86. The molecule has 10 heteroatoms. The smallest absolute Gasteiger partial charge is 0.315 e. The van der Waals surface area contributed by atoms with E-state index >= 15 is 0 Å². The van der Waals surface area contributed by atoms with Crippen molar-refractivity contribution < 1.29 is 13.7 Å². The number of aromatic nitrogens is 5. The molecular formula is C20H20FN7O2. The molecule has 3 heterocycles. The summed E-state index contributed by atoms with van der Waals surface area (Å²) in [6.07, 6.45) is 1.58. The SMILES string of the molecule is CC(C)(C)c1noc(C(=O)NCc2ccc(-c3ccnc4n[nH]c(N)c34)cc2F)n1. The number of nitrogen functional groups attached to an aromatic ring is 1. The monoisotopic (exact) mass is 409 g/mol. The highest BCUT2D eigenvalue weighted by molar-refractivity contribution is 5.99. The van der Waals surface area contributed by atoms with E-state index in [1.807, 2.05) is 20.8 Å². The molecule has 1 aromatic carbocycles. The standard InChI is InChI=1S/C20H20FN7O2/c1-20(2,3)19-25-18(30-28-19)17(29)24-9-11-5-4-10(8-13(11)21)12-6-7-23-16-14(12)15(22)26-27-16/h4-8H,9H2,1-3H3,(H,24,29)(H3,22,23,26,27). The van der Waals surface area contributed by atoms with Crippen molar-refractivity contribution in [2.45, 2.75) is 32.7 Å². The molecule has 0 bridgehead atoms. The number of nitrogens with zero attached hydrogens (tertiary/aromatic N) is 4. The summed E-state index contributed by atoms with van der Waals surface area (Å²) in [7, 11) is 0. The van der Waals surface area contributed by atoms with E-state index in [9.17, 15) is 9.18 Å². The van der Waals surface area contributed by atoms with Crippen LogP contribution >= 0.6 is 0 Å². The summed E-state index contributed by atoms with van der Waals surface area (Å²) in [5.74, 6) is -0.416. The van der Waals surface area contributed by atoms with Gasteiger partial charge in [-0.25, -0.2) is 9.37 Å². The number of benzene rings is 1. The van der Waals surface area contributed by atoms with Crippen molar-refractivity contribution >= 4 is 22.8 Å². The second kappa shape index (κ2) is 7.21. The zero-order valence-electron chi connectivity index (χ0n) is 16.7. The average Bonchev–Trinajstić information content (AvgIpc) is 3.34. The van der Waals surface area contributed by atoms with Crippen LogP contribution in [-0.4, -0.2) is 31.2 Å². The van der Waals surface area contributed by atoms with E-state index in [2.05, 4.69) is 30.6 Å². The van der Waals surface area contributed by atoms with E-state index in [1.165, 1.54) is 6.07 Å². The zero-order valence-corrected chi connectivity index (χ0v) is 16.7. The molecule has 0 radical (unpaired) electrons. The molecule has 0 fully saturated rings. The lowest BCUT2D eigenvalue weighted by Crippen LogP contribution is -2.24. The number of amides is 1. The summed E-state index contributed by atoms with van der Waals surface area (Å²) >= 11 is 0. The lowest BCUT2D eigenvalue weighted by atomic mass is 9.96. The van der Waals surface area contributed by atoms with Crippen LogP contribution in [0.4, 0.5) is 10.2 Å². The molecule has 0 atom stereocenters. The van der Waals surface area contributed by atoms with Gasteiger partial charge in [-0.1, -0.05) is 38.1 Å². The minimum atomic E-state index is -0.566. The molecule has 1 amide bonds. The van der Waals surface area contributed by atoms with E-state index in [0.717, 1.165) is 0 Å². The van der Waals surface area contributed by atoms with E-state index in [0.29, 0.717) is 39.4 Å². The van der Waals surface area contributed by atoms with Gasteiger partial charge in [0.25, 0.3) is 0 Å². The van der Waals surface area contributed by atoms with Crippen LogP contribution < -0.4 is 11.1 Å². The number of rotatable bonds is 4. The summed E-state index contributed by atoms with van der Waals surface area (Å²) in [5, 5.41) is 13.7. The van der Waals surface area contributed by atoms with Crippen LogP contribution in [0.15, 0.2) is 35.0 Å². The fraction of sp³-hybridized carbons (Fsp3) is 0.250. The maximum absolute atomic E-state index is 14.7. The summed E-state index contributed by atoms with van der Waals surface area (Å²) in [5.41, 5.74) is 7.68. The van der Waals surface area contributed by atoms with Gasteiger partial charge in [-0.05, 0) is 23.3 Å². The largest absolute Gasteiger partial charge is 0.383 e. The fourth-order valence-electron chi connectivity index (χ4n) is 2.94. The van der Waals surface area contributed by atoms with Crippen LogP contribution in [0.25, 0.3) is 22.2 Å². The maximum Gasteiger partial charge on any atom is 0.315 e. The Morgan fingerprint density at radius 1 is 1.30 bits per heavy atom. The maximum atomic E-state index is 14.7. The third kappa shape index (κ3) is 3.59. The third-order valence-electron chi connectivity index (χ3n) is 4.58. The molecule has 0 saturated heterocycles. The summed E-state index contributed by atoms with van der Waals surface area (Å²) in [6, 6.07) is 6.47. The normalized spacial score (nSPS) is 11.7. The van der Waals surface area contributed by atoms with E-state index in [1.54, 1.807) is 24.4 Å². The highest BCUT2D eigenvalue weighted by atomic mass is 19.1. The number of nitrogens with one attached hydrogen (secondary N) is 2. The van der Waals surface area contributed by atoms with Gasteiger partial charge < -0.3 is 15.6 Å². The number of anilines is 1. The van der Waals surface area contributed by atoms with Crippen LogP contribution in [0, 0.1) is 5.82 Å². The molecule has 0 aliphatic rings. The number of pyridine rings is 1. The van der Waals surface area contributed by atoms with E-state index in [4.69, 9.17) is 10.3 Å². The Bertz CT molecular complexity index is 1240. The minimum absolute atomic E-state index is 0.0300. The average molecular weight is 409 g/mol. The van der Waals surface area contributed by atoms with Gasteiger partial charge in [-0.3, -0.25) is 9.89 Å². The van der Waals surface area contributed by atoms with Crippen LogP contribution in [0.5, 0.6) is 0 Å². The Kier molecular flexibility index (Phi) is 4.69. The Morgan fingerprint density at radius 3 is 2.80 bits per heavy atom. The highest BCUT2D eigenvalue weighted by Gasteiger charge is 2.23. The van der Waals surface area contributed by atoms with Crippen molar-refractivity contribution in [2.75, 3.05) is 5.73 Å². The van der Waals surface area contributed by atoms with Crippen LogP contribution in [0.1, 0.15) is 42.8 Å². The van der Waals surface area contributed by atoms with Crippen molar-refractivity contribution in [3.63, 3.8) is 0 Å². The minimum Gasteiger partial charge on any atom is -0.383 e. The van der Waals surface area contributed by atoms with Crippen molar-refractivity contribution in [2.24, 2.45) is 0 Å². The number of carbonyl (C=O) groups excluding carboxylic acids is 1.